The lowest BCUT2D eigenvalue weighted by Gasteiger charge is -2.34. The van der Waals surface area contributed by atoms with Crippen LogP contribution in [0.1, 0.15) is 51.0 Å². The predicted octanol–water partition coefficient (Wildman–Crippen LogP) is 4.72. The van der Waals surface area contributed by atoms with E-state index in [-0.39, 0.29) is 16.4 Å². The maximum atomic E-state index is 13.2. The van der Waals surface area contributed by atoms with Gasteiger partial charge in [0.25, 0.3) is 0 Å². The Morgan fingerprint density at radius 2 is 2.16 bits per heavy atom. The molecule has 1 aromatic carbocycles. The molecule has 106 valence electrons. The summed E-state index contributed by atoms with van der Waals surface area (Å²) in [4.78, 5) is 0. The Labute approximate surface area is 120 Å². The second-order valence-corrected chi connectivity index (χ2v) is 6.10. The largest absolute Gasteiger partial charge is 0.311 e. The summed E-state index contributed by atoms with van der Waals surface area (Å²) in [5.41, 5.74) is 1.31. The summed E-state index contributed by atoms with van der Waals surface area (Å²) in [6.07, 6.45) is 8.33. The van der Waals surface area contributed by atoms with Crippen molar-refractivity contribution >= 4 is 11.6 Å². The zero-order chi connectivity index (χ0) is 13.7. The van der Waals surface area contributed by atoms with Crippen LogP contribution in [0.25, 0.3) is 0 Å². The van der Waals surface area contributed by atoms with Gasteiger partial charge in [0.15, 0.2) is 0 Å². The van der Waals surface area contributed by atoms with Gasteiger partial charge < -0.3 is 5.32 Å². The van der Waals surface area contributed by atoms with Gasteiger partial charge in [-0.25, -0.2) is 4.39 Å². The minimum Gasteiger partial charge on any atom is -0.311 e. The fourth-order valence-corrected chi connectivity index (χ4v) is 3.38. The summed E-state index contributed by atoms with van der Waals surface area (Å²) in [5.74, 6) is -0.330. The first-order valence-corrected chi connectivity index (χ1v) is 7.72. The normalized spacial score (nSPS) is 24.2. The van der Waals surface area contributed by atoms with Crippen LogP contribution < -0.4 is 5.32 Å². The van der Waals surface area contributed by atoms with Crippen LogP contribution in [-0.2, 0) is 6.42 Å². The molecule has 1 aromatic rings. The van der Waals surface area contributed by atoms with Gasteiger partial charge in [0, 0.05) is 5.54 Å². The molecule has 1 aliphatic heterocycles. The molecule has 0 aromatic heterocycles. The molecule has 1 nitrogen and oxygen atoms in total. The van der Waals surface area contributed by atoms with E-state index in [1.807, 2.05) is 6.07 Å². The number of hydrogen-bond acceptors (Lipinski definition) is 1. The first-order chi connectivity index (χ1) is 9.15. The van der Waals surface area contributed by atoms with Crippen molar-refractivity contribution in [3.8, 4) is 0 Å². The van der Waals surface area contributed by atoms with Crippen molar-refractivity contribution < 1.29 is 4.39 Å². The highest BCUT2D eigenvalue weighted by atomic mass is 35.5. The zero-order valence-electron chi connectivity index (χ0n) is 11.6. The molecule has 1 heterocycles. The smallest absolute Gasteiger partial charge is 0.141 e. The van der Waals surface area contributed by atoms with Crippen LogP contribution in [0, 0.1) is 5.82 Å². The number of benzene rings is 1. The highest BCUT2D eigenvalue weighted by molar-refractivity contribution is 6.30. The SMILES string of the molecule is CCCC1(Cc2ccc(F)c(Cl)c2)CCCCCN1. The fourth-order valence-electron chi connectivity index (χ4n) is 3.18. The molecule has 3 heteroatoms. The Morgan fingerprint density at radius 3 is 2.89 bits per heavy atom. The van der Waals surface area contributed by atoms with Crippen molar-refractivity contribution in [1.29, 1.82) is 0 Å². The maximum absolute atomic E-state index is 13.2. The second-order valence-electron chi connectivity index (χ2n) is 5.69. The van der Waals surface area contributed by atoms with Gasteiger partial charge >= 0.3 is 0 Å². The molecule has 1 unspecified atom stereocenters. The molecule has 1 aliphatic rings. The lowest BCUT2D eigenvalue weighted by molar-refractivity contribution is 0.288. The summed E-state index contributed by atoms with van der Waals surface area (Å²) >= 11 is 5.89. The molecule has 0 bridgehead atoms. The van der Waals surface area contributed by atoms with E-state index in [9.17, 15) is 4.39 Å². The van der Waals surface area contributed by atoms with Gasteiger partial charge in [-0.15, -0.1) is 0 Å². The Kier molecular flexibility index (Phi) is 5.23. The quantitative estimate of drug-likeness (QED) is 0.843. The van der Waals surface area contributed by atoms with E-state index in [0.29, 0.717) is 0 Å². The van der Waals surface area contributed by atoms with E-state index in [1.54, 1.807) is 6.07 Å². The minimum absolute atomic E-state index is 0.173. The minimum atomic E-state index is -0.330. The van der Waals surface area contributed by atoms with Crippen molar-refractivity contribution in [1.82, 2.24) is 5.32 Å². The van der Waals surface area contributed by atoms with Crippen LogP contribution >= 0.6 is 11.6 Å². The molecule has 0 amide bonds. The molecular formula is C16H23ClFN. The molecule has 19 heavy (non-hydrogen) atoms. The molecule has 2 rings (SSSR count). The highest BCUT2D eigenvalue weighted by Gasteiger charge is 2.29. The molecule has 1 saturated heterocycles. The average molecular weight is 284 g/mol. The van der Waals surface area contributed by atoms with E-state index in [2.05, 4.69) is 12.2 Å². The van der Waals surface area contributed by atoms with E-state index in [4.69, 9.17) is 11.6 Å². The van der Waals surface area contributed by atoms with E-state index < -0.39 is 0 Å². The number of hydrogen-bond donors (Lipinski definition) is 1. The highest BCUT2D eigenvalue weighted by Crippen LogP contribution is 2.29. The van der Waals surface area contributed by atoms with Gasteiger partial charge in [0.1, 0.15) is 5.82 Å². The molecule has 1 atom stereocenters. The van der Waals surface area contributed by atoms with E-state index in [0.717, 1.165) is 18.5 Å². The predicted molar refractivity (Wildman–Crippen MR) is 79.2 cm³/mol. The summed E-state index contributed by atoms with van der Waals surface area (Å²) in [7, 11) is 0. The van der Waals surface area contributed by atoms with Gasteiger partial charge in [0.2, 0.25) is 0 Å². The molecule has 0 saturated carbocycles. The van der Waals surface area contributed by atoms with Crippen LogP contribution in [0.2, 0.25) is 5.02 Å². The van der Waals surface area contributed by atoms with Crippen LogP contribution in [0.15, 0.2) is 18.2 Å². The van der Waals surface area contributed by atoms with Gasteiger partial charge in [-0.2, -0.15) is 0 Å². The third kappa shape index (κ3) is 3.93. The van der Waals surface area contributed by atoms with Crippen molar-refractivity contribution in [3.05, 3.63) is 34.6 Å². The van der Waals surface area contributed by atoms with Crippen molar-refractivity contribution in [3.63, 3.8) is 0 Å². The average Bonchev–Trinajstić information content (AvgIpc) is 2.60. The fraction of sp³-hybridized carbons (Fsp3) is 0.625. The Morgan fingerprint density at radius 1 is 1.32 bits per heavy atom. The summed E-state index contributed by atoms with van der Waals surface area (Å²) in [5, 5.41) is 3.98. The zero-order valence-corrected chi connectivity index (χ0v) is 12.4. The third-order valence-corrected chi connectivity index (χ3v) is 4.38. The number of halogens is 2. The number of nitrogens with one attached hydrogen (secondary N) is 1. The van der Waals surface area contributed by atoms with Crippen molar-refractivity contribution in [2.75, 3.05) is 6.54 Å². The first kappa shape index (κ1) is 14.8. The van der Waals surface area contributed by atoms with E-state index >= 15 is 0 Å². The topological polar surface area (TPSA) is 12.0 Å². The maximum Gasteiger partial charge on any atom is 0.141 e. The molecule has 0 aliphatic carbocycles. The third-order valence-electron chi connectivity index (χ3n) is 4.09. The monoisotopic (exact) mass is 283 g/mol. The van der Waals surface area contributed by atoms with Crippen LogP contribution in [0.5, 0.6) is 0 Å². The molecule has 0 radical (unpaired) electrons. The summed E-state index contributed by atoms with van der Waals surface area (Å²) < 4.78 is 13.2. The molecule has 1 N–H and O–H groups in total. The number of rotatable bonds is 4. The summed E-state index contributed by atoms with van der Waals surface area (Å²) in [6.45, 7) is 3.32. The van der Waals surface area contributed by atoms with Crippen molar-refractivity contribution in [2.45, 2.75) is 57.4 Å². The molecule has 1 fully saturated rings. The first-order valence-electron chi connectivity index (χ1n) is 7.34. The second kappa shape index (κ2) is 6.71. The van der Waals surface area contributed by atoms with Crippen molar-refractivity contribution in [2.24, 2.45) is 0 Å². The standard InChI is InChI=1S/C16H23ClFN/c1-2-8-16(9-4-3-5-10-19-16)12-13-6-7-15(18)14(17)11-13/h6-7,11,19H,2-5,8-10,12H2,1H3. The van der Waals surface area contributed by atoms with Gasteiger partial charge in [-0.3, -0.25) is 0 Å². The molecule has 0 spiro atoms. The van der Waals surface area contributed by atoms with Crippen LogP contribution in [0.4, 0.5) is 4.39 Å². The Bertz CT molecular complexity index is 411. The van der Waals surface area contributed by atoms with Gasteiger partial charge in [-0.05, 0) is 49.9 Å². The summed E-state index contributed by atoms with van der Waals surface area (Å²) in [6, 6.07) is 5.13. The van der Waals surface area contributed by atoms with Gasteiger partial charge in [0.05, 0.1) is 5.02 Å². The molecular weight excluding hydrogens is 261 g/mol. The lowest BCUT2D eigenvalue weighted by atomic mass is 9.83. The van der Waals surface area contributed by atoms with Crippen LogP contribution in [0.3, 0.4) is 0 Å². The Hall–Kier alpha value is -0.600. The lowest BCUT2D eigenvalue weighted by Crippen LogP contribution is -2.46. The van der Waals surface area contributed by atoms with Crippen LogP contribution in [-0.4, -0.2) is 12.1 Å². The van der Waals surface area contributed by atoms with E-state index in [1.165, 1.54) is 44.6 Å². The van der Waals surface area contributed by atoms with Gasteiger partial charge in [-0.1, -0.05) is 43.9 Å². The Balaban J connectivity index is 2.16.